The number of amides is 1. The topological polar surface area (TPSA) is 83.1 Å². The number of carbonyl (C=O) groups is 2. The molecule has 0 saturated carbocycles. The third-order valence-corrected chi connectivity index (χ3v) is 5.06. The van der Waals surface area contributed by atoms with Gasteiger partial charge in [-0.25, -0.2) is 0 Å². The van der Waals surface area contributed by atoms with Crippen molar-refractivity contribution in [1.29, 1.82) is 0 Å². The number of methoxy groups -OCH3 is 2. The van der Waals surface area contributed by atoms with Crippen molar-refractivity contribution in [3.8, 4) is 23.0 Å². The third-order valence-electron chi connectivity index (χ3n) is 5.06. The highest BCUT2D eigenvalue weighted by Gasteiger charge is 2.14. The molecule has 0 aliphatic carbocycles. The monoisotopic (exact) mass is 497 g/mol. The highest BCUT2D eigenvalue weighted by atomic mass is 19.3. The van der Waals surface area contributed by atoms with Gasteiger partial charge in [-0.3, -0.25) is 9.59 Å². The number of hydrogen-bond donors (Lipinski definition) is 1. The highest BCUT2D eigenvalue weighted by molar-refractivity contribution is 6.07. The highest BCUT2D eigenvalue weighted by Crippen LogP contribution is 2.31. The summed E-state index contributed by atoms with van der Waals surface area (Å²) in [5.41, 5.74) is 2.51. The summed E-state index contributed by atoms with van der Waals surface area (Å²) >= 11 is 0. The van der Waals surface area contributed by atoms with E-state index in [0.717, 1.165) is 5.56 Å². The molecule has 0 bridgehead atoms. The zero-order chi connectivity index (χ0) is 26.1. The van der Waals surface area contributed by atoms with Gasteiger partial charge in [0.15, 0.2) is 35.4 Å². The molecule has 3 aromatic carbocycles. The van der Waals surface area contributed by atoms with Crippen molar-refractivity contribution in [3.63, 3.8) is 0 Å². The Labute approximate surface area is 207 Å². The molecule has 0 heterocycles. The number of anilines is 1. The molecule has 3 aromatic rings. The molecule has 0 aliphatic rings. The van der Waals surface area contributed by atoms with Crippen molar-refractivity contribution in [2.24, 2.45) is 0 Å². The van der Waals surface area contributed by atoms with E-state index in [2.05, 4.69) is 10.1 Å². The van der Waals surface area contributed by atoms with Gasteiger partial charge in [0, 0.05) is 11.3 Å². The van der Waals surface area contributed by atoms with E-state index in [1.807, 2.05) is 25.1 Å². The standard InChI is InChI=1S/C27H25F2NO6/c1-17-6-4-5-7-20(17)30-26(32)16-35-22-12-9-18(14-24(22)33-2)8-11-21(31)19-10-13-23(36-27(28)29)25(15-19)34-3/h4-15,27H,16H2,1-3H3,(H,30,32)/b11-8+. The molecule has 188 valence electrons. The van der Waals surface area contributed by atoms with E-state index in [0.29, 0.717) is 22.7 Å². The number of allylic oxidation sites excluding steroid dienone is 1. The van der Waals surface area contributed by atoms with Crippen LogP contribution in [-0.4, -0.2) is 39.1 Å². The van der Waals surface area contributed by atoms with Crippen molar-refractivity contribution < 1.29 is 37.3 Å². The summed E-state index contributed by atoms with van der Waals surface area (Å²) in [5.74, 6) is -0.0979. The number of alkyl halides is 2. The third kappa shape index (κ3) is 7.05. The lowest BCUT2D eigenvalue weighted by Crippen LogP contribution is -2.20. The van der Waals surface area contributed by atoms with Crippen LogP contribution in [0.5, 0.6) is 23.0 Å². The fourth-order valence-electron chi connectivity index (χ4n) is 3.23. The molecule has 0 saturated heterocycles. The molecule has 0 fully saturated rings. The van der Waals surface area contributed by atoms with Gasteiger partial charge in [-0.15, -0.1) is 0 Å². The van der Waals surface area contributed by atoms with Gasteiger partial charge in [0.2, 0.25) is 0 Å². The van der Waals surface area contributed by atoms with Crippen molar-refractivity contribution in [2.45, 2.75) is 13.5 Å². The molecular formula is C27H25F2NO6. The lowest BCUT2D eigenvalue weighted by molar-refractivity contribution is -0.118. The molecule has 0 aliphatic heterocycles. The Morgan fingerprint density at radius 1 is 0.917 bits per heavy atom. The minimum absolute atomic E-state index is 0.0178. The smallest absolute Gasteiger partial charge is 0.387 e. The SMILES string of the molecule is COc1cc(/C=C/C(=O)c2ccc(OC(F)F)c(OC)c2)ccc1OCC(=O)Nc1ccccc1C. The van der Waals surface area contributed by atoms with Crippen LogP contribution in [0.3, 0.4) is 0 Å². The second kappa shape index (κ2) is 12.3. The predicted octanol–water partition coefficient (Wildman–Crippen LogP) is 5.53. The Balaban J connectivity index is 1.65. The fourth-order valence-corrected chi connectivity index (χ4v) is 3.23. The number of aryl methyl sites for hydroxylation is 1. The Hall–Kier alpha value is -4.40. The normalized spacial score (nSPS) is 10.8. The summed E-state index contributed by atoms with van der Waals surface area (Å²) < 4.78 is 45.3. The first kappa shape index (κ1) is 26.2. The van der Waals surface area contributed by atoms with Crippen LogP contribution in [-0.2, 0) is 4.79 Å². The molecule has 0 atom stereocenters. The largest absolute Gasteiger partial charge is 0.493 e. The van der Waals surface area contributed by atoms with Crippen LogP contribution in [0.25, 0.3) is 6.08 Å². The van der Waals surface area contributed by atoms with E-state index in [4.69, 9.17) is 14.2 Å². The molecule has 1 N–H and O–H groups in total. The molecule has 0 aromatic heterocycles. The Morgan fingerprint density at radius 3 is 2.31 bits per heavy atom. The number of hydrogen-bond acceptors (Lipinski definition) is 6. The van der Waals surface area contributed by atoms with Crippen LogP contribution < -0.4 is 24.3 Å². The summed E-state index contributed by atoms with van der Waals surface area (Å²) in [6, 6.07) is 16.3. The van der Waals surface area contributed by atoms with E-state index < -0.39 is 6.61 Å². The summed E-state index contributed by atoms with van der Waals surface area (Å²) in [7, 11) is 2.75. The summed E-state index contributed by atoms with van der Waals surface area (Å²) in [4.78, 5) is 24.8. The lowest BCUT2D eigenvalue weighted by atomic mass is 10.1. The first-order valence-electron chi connectivity index (χ1n) is 10.8. The average molecular weight is 497 g/mol. The second-order valence-corrected chi connectivity index (χ2v) is 7.50. The average Bonchev–Trinajstić information content (AvgIpc) is 2.87. The van der Waals surface area contributed by atoms with Crippen LogP contribution in [0.2, 0.25) is 0 Å². The molecule has 0 spiro atoms. The summed E-state index contributed by atoms with van der Waals surface area (Å²) in [5, 5.41) is 2.79. The Morgan fingerprint density at radius 2 is 1.61 bits per heavy atom. The predicted molar refractivity (Wildman–Crippen MR) is 131 cm³/mol. The molecule has 0 radical (unpaired) electrons. The van der Waals surface area contributed by atoms with E-state index in [1.165, 1.54) is 38.5 Å². The van der Waals surface area contributed by atoms with Crippen LogP contribution >= 0.6 is 0 Å². The van der Waals surface area contributed by atoms with Gasteiger partial charge >= 0.3 is 6.61 Å². The van der Waals surface area contributed by atoms with E-state index >= 15 is 0 Å². The second-order valence-electron chi connectivity index (χ2n) is 7.50. The van der Waals surface area contributed by atoms with E-state index in [9.17, 15) is 18.4 Å². The summed E-state index contributed by atoms with van der Waals surface area (Å²) in [6.07, 6.45) is 2.89. The van der Waals surface area contributed by atoms with E-state index in [1.54, 1.807) is 30.3 Å². The maximum Gasteiger partial charge on any atom is 0.387 e. The number of ether oxygens (including phenoxy) is 4. The van der Waals surface area contributed by atoms with Crippen molar-refractivity contribution in [1.82, 2.24) is 0 Å². The van der Waals surface area contributed by atoms with Gasteiger partial charge in [-0.1, -0.05) is 30.3 Å². The first-order valence-corrected chi connectivity index (χ1v) is 10.8. The number of carbonyl (C=O) groups excluding carboxylic acids is 2. The van der Waals surface area contributed by atoms with Gasteiger partial charge in [0.1, 0.15) is 0 Å². The number of benzene rings is 3. The molecule has 3 rings (SSSR count). The number of para-hydroxylation sites is 1. The number of nitrogens with one attached hydrogen (secondary N) is 1. The number of rotatable bonds is 11. The van der Waals surface area contributed by atoms with Crippen LogP contribution in [0, 0.1) is 6.92 Å². The van der Waals surface area contributed by atoms with E-state index in [-0.39, 0.29) is 35.4 Å². The van der Waals surface area contributed by atoms with Gasteiger partial charge in [-0.2, -0.15) is 8.78 Å². The molecule has 1 amide bonds. The van der Waals surface area contributed by atoms with Crippen molar-refractivity contribution in [3.05, 3.63) is 83.4 Å². The van der Waals surface area contributed by atoms with Crippen molar-refractivity contribution in [2.75, 3.05) is 26.1 Å². The summed E-state index contributed by atoms with van der Waals surface area (Å²) in [6.45, 7) is -1.33. The fraction of sp³-hybridized carbons (Fsp3) is 0.185. The van der Waals surface area contributed by atoms with Gasteiger partial charge in [0.05, 0.1) is 14.2 Å². The number of ketones is 1. The zero-order valence-corrected chi connectivity index (χ0v) is 19.9. The van der Waals surface area contributed by atoms with Crippen LogP contribution in [0.4, 0.5) is 14.5 Å². The Bertz CT molecular complexity index is 1260. The van der Waals surface area contributed by atoms with Gasteiger partial charge < -0.3 is 24.3 Å². The molecule has 36 heavy (non-hydrogen) atoms. The van der Waals surface area contributed by atoms with Crippen LogP contribution in [0.15, 0.2) is 66.7 Å². The Kier molecular flexibility index (Phi) is 8.99. The molecule has 0 unspecified atom stereocenters. The number of halogens is 2. The zero-order valence-electron chi connectivity index (χ0n) is 19.9. The minimum atomic E-state index is -3.01. The maximum atomic E-state index is 12.6. The van der Waals surface area contributed by atoms with Gasteiger partial charge in [-0.05, 0) is 60.5 Å². The first-order chi connectivity index (χ1) is 17.3. The van der Waals surface area contributed by atoms with Gasteiger partial charge in [0.25, 0.3) is 5.91 Å². The molecular weight excluding hydrogens is 472 g/mol. The van der Waals surface area contributed by atoms with Crippen LogP contribution in [0.1, 0.15) is 21.5 Å². The lowest BCUT2D eigenvalue weighted by Gasteiger charge is -2.12. The molecule has 7 nitrogen and oxygen atoms in total. The molecule has 9 heteroatoms. The quantitative estimate of drug-likeness (QED) is 0.277. The maximum absolute atomic E-state index is 12.6. The van der Waals surface area contributed by atoms with Crippen molar-refractivity contribution >= 4 is 23.5 Å². The minimum Gasteiger partial charge on any atom is -0.493 e.